The second-order valence-electron chi connectivity index (χ2n) is 6.06. The van der Waals surface area contributed by atoms with Crippen LogP contribution in [0.3, 0.4) is 0 Å². The third-order valence-electron chi connectivity index (χ3n) is 3.22. The Kier molecular flexibility index (Phi) is 4.46. The van der Waals surface area contributed by atoms with Gasteiger partial charge >= 0.3 is 0 Å². The molecule has 0 unspecified atom stereocenters. The molecule has 0 spiro atoms. The van der Waals surface area contributed by atoms with Gasteiger partial charge < -0.3 is 10.1 Å². The fourth-order valence-electron chi connectivity index (χ4n) is 2.09. The van der Waals surface area contributed by atoms with Gasteiger partial charge in [0.2, 0.25) is 0 Å². The molecule has 0 fully saturated rings. The average Bonchev–Trinajstić information content (AvgIpc) is 2.39. The number of hydrogen-bond donors (Lipinski definition) is 1. The van der Waals surface area contributed by atoms with Gasteiger partial charge in [0.1, 0.15) is 11.5 Å². The van der Waals surface area contributed by atoms with E-state index >= 15 is 0 Å². The number of ether oxygens (including phenoxy) is 1. The lowest BCUT2D eigenvalue weighted by Gasteiger charge is -2.19. The van der Waals surface area contributed by atoms with Crippen molar-refractivity contribution in [2.75, 3.05) is 7.05 Å². The topological polar surface area (TPSA) is 21.3 Å². The van der Waals surface area contributed by atoms with E-state index in [0.717, 1.165) is 18.0 Å². The lowest BCUT2D eigenvalue weighted by molar-refractivity contribution is 0.477. The van der Waals surface area contributed by atoms with Gasteiger partial charge in [0.05, 0.1) is 0 Å². The van der Waals surface area contributed by atoms with E-state index in [-0.39, 0.29) is 5.41 Å². The van der Waals surface area contributed by atoms with Crippen LogP contribution in [0.1, 0.15) is 31.9 Å². The smallest absolute Gasteiger partial charge is 0.127 e. The van der Waals surface area contributed by atoms with Crippen LogP contribution in [0.2, 0.25) is 0 Å². The zero-order valence-corrected chi connectivity index (χ0v) is 12.7. The molecule has 0 aliphatic heterocycles. The van der Waals surface area contributed by atoms with Gasteiger partial charge in [-0.2, -0.15) is 0 Å². The van der Waals surface area contributed by atoms with Crippen molar-refractivity contribution in [3.8, 4) is 11.5 Å². The van der Waals surface area contributed by atoms with Crippen LogP contribution in [-0.2, 0) is 12.0 Å². The number of nitrogens with one attached hydrogen (secondary N) is 1. The summed E-state index contributed by atoms with van der Waals surface area (Å²) in [5, 5.41) is 3.15. The average molecular weight is 269 g/mol. The molecule has 0 saturated heterocycles. The highest BCUT2D eigenvalue weighted by molar-refractivity contribution is 5.37. The predicted molar refractivity (Wildman–Crippen MR) is 84.4 cm³/mol. The van der Waals surface area contributed by atoms with Crippen LogP contribution in [0.15, 0.2) is 48.5 Å². The first-order valence-corrected chi connectivity index (χ1v) is 7.01. The molecule has 2 rings (SSSR count). The maximum atomic E-state index is 5.97. The van der Waals surface area contributed by atoms with Crippen LogP contribution in [0.25, 0.3) is 0 Å². The minimum Gasteiger partial charge on any atom is -0.457 e. The standard InChI is InChI=1S/C18H23NO/c1-18(2,3)15-8-6-10-17(12-15)20-16-9-5-7-14(11-16)13-19-4/h5-12,19H,13H2,1-4H3. The highest BCUT2D eigenvalue weighted by atomic mass is 16.5. The van der Waals surface area contributed by atoms with Crippen molar-refractivity contribution in [2.45, 2.75) is 32.7 Å². The van der Waals surface area contributed by atoms with E-state index in [1.54, 1.807) is 0 Å². The summed E-state index contributed by atoms with van der Waals surface area (Å²) in [6.45, 7) is 7.47. The third-order valence-corrected chi connectivity index (χ3v) is 3.22. The molecule has 0 heterocycles. The van der Waals surface area contributed by atoms with Crippen LogP contribution in [0.5, 0.6) is 11.5 Å². The lowest BCUT2D eigenvalue weighted by Crippen LogP contribution is -2.10. The van der Waals surface area contributed by atoms with E-state index in [1.165, 1.54) is 11.1 Å². The van der Waals surface area contributed by atoms with Gasteiger partial charge in [-0.25, -0.2) is 0 Å². The summed E-state index contributed by atoms with van der Waals surface area (Å²) in [5.74, 6) is 1.77. The van der Waals surface area contributed by atoms with Crippen molar-refractivity contribution in [1.82, 2.24) is 5.32 Å². The first kappa shape index (κ1) is 14.6. The summed E-state index contributed by atoms with van der Waals surface area (Å²) in [7, 11) is 1.94. The molecular formula is C18H23NO. The third kappa shape index (κ3) is 3.84. The van der Waals surface area contributed by atoms with E-state index in [2.05, 4.69) is 50.4 Å². The largest absolute Gasteiger partial charge is 0.457 e. The second kappa shape index (κ2) is 6.10. The van der Waals surface area contributed by atoms with Crippen molar-refractivity contribution >= 4 is 0 Å². The zero-order chi connectivity index (χ0) is 14.6. The monoisotopic (exact) mass is 269 g/mol. The highest BCUT2D eigenvalue weighted by Crippen LogP contribution is 2.28. The quantitative estimate of drug-likeness (QED) is 0.882. The van der Waals surface area contributed by atoms with Gasteiger partial charge in [-0.15, -0.1) is 0 Å². The van der Waals surface area contributed by atoms with Gasteiger partial charge in [0, 0.05) is 6.54 Å². The van der Waals surface area contributed by atoms with Gasteiger partial charge in [0.25, 0.3) is 0 Å². The predicted octanol–water partition coefficient (Wildman–Crippen LogP) is 4.50. The number of benzene rings is 2. The highest BCUT2D eigenvalue weighted by Gasteiger charge is 2.14. The van der Waals surface area contributed by atoms with Crippen molar-refractivity contribution in [3.63, 3.8) is 0 Å². The Hall–Kier alpha value is -1.80. The van der Waals surface area contributed by atoms with Gasteiger partial charge in [0.15, 0.2) is 0 Å². The Morgan fingerprint density at radius 1 is 0.950 bits per heavy atom. The Bertz CT molecular complexity index is 570. The summed E-state index contributed by atoms with van der Waals surface area (Å²) in [6, 6.07) is 16.5. The minimum atomic E-state index is 0.132. The minimum absolute atomic E-state index is 0.132. The van der Waals surface area contributed by atoms with Crippen LogP contribution < -0.4 is 10.1 Å². The molecule has 0 aliphatic rings. The SMILES string of the molecule is CNCc1cccc(Oc2cccc(C(C)(C)C)c2)c1. The van der Waals surface area contributed by atoms with Crippen LogP contribution >= 0.6 is 0 Å². The molecule has 20 heavy (non-hydrogen) atoms. The lowest BCUT2D eigenvalue weighted by atomic mass is 9.87. The Balaban J connectivity index is 2.19. The Labute approximate surface area is 121 Å². The molecule has 0 amide bonds. The molecule has 0 aliphatic carbocycles. The molecule has 2 nitrogen and oxygen atoms in total. The molecule has 0 aromatic heterocycles. The van der Waals surface area contributed by atoms with Crippen molar-refractivity contribution in [2.24, 2.45) is 0 Å². The van der Waals surface area contributed by atoms with Gasteiger partial charge in [-0.05, 0) is 47.9 Å². The molecule has 2 aromatic carbocycles. The Morgan fingerprint density at radius 2 is 1.60 bits per heavy atom. The van der Waals surface area contributed by atoms with Gasteiger partial charge in [-0.3, -0.25) is 0 Å². The maximum absolute atomic E-state index is 5.97. The fourth-order valence-corrected chi connectivity index (χ4v) is 2.09. The summed E-state index contributed by atoms with van der Waals surface area (Å²) in [6.07, 6.45) is 0. The molecular weight excluding hydrogens is 246 g/mol. The summed E-state index contributed by atoms with van der Waals surface area (Å²) >= 11 is 0. The van der Waals surface area contributed by atoms with E-state index in [9.17, 15) is 0 Å². The molecule has 2 heteroatoms. The summed E-state index contributed by atoms with van der Waals surface area (Å²) in [5.41, 5.74) is 2.63. The maximum Gasteiger partial charge on any atom is 0.127 e. The van der Waals surface area contributed by atoms with Crippen molar-refractivity contribution in [3.05, 3.63) is 59.7 Å². The molecule has 1 N–H and O–H groups in total. The molecule has 0 bridgehead atoms. The van der Waals surface area contributed by atoms with Crippen molar-refractivity contribution in [1.29, 1.82) is 0 Å². The summed E-state index contributed by atoms with van der Waals surface area (Å²) < 4.78 is 5.97. The van der Waals surface area contributed by atoms with E-state index < -0.39 is 0 Å². The van der Waals surface area contributed by atoms with Crippen LogP contribution in [-0.4, -0.2) is 7.05 Å². The van der Waals surface area contributed by atoms with Gasteiger partial charge in [-0.1, -0.05) is 45.0 Å². The second-order valence-corrected chi connectivity index (χ2v) is 6.06. The normalized spacial score (nSPS) is 11.4. The Morgan fingerprint density at radius 3 is 2.25 bits per heavy atom. The van der Waals surface area contributed by atoms with Crippen LogP contribution in [0, 0.1) is 0 Å². The fraction of sp³-hybridized carbons (Fsp3) is 0.333. The van der Waals surface area contributed by atoms with E-state index in [0.29, 0.717) is 0 Å². The molecule has 0 radical (unpaired) electrons. The van der Waals surface area contributed by atoms with Crippen molar-refractivity contribution < 1.29 is 4.74 Å². The first-order chi connectivity index (χ1) is 9.49. The molecule has 0 atom stereocenters. The van der Waals surface area contributed by atoms with Crippen LogP contribution in [0.4, 0.5) is 0 Å². The summed E-state index contributed by atoms with van der Waals surface area (Å²) in [4.78, 5) is 0. The van der Waals surface area contributed by atoms with E-state index in [1.807, 2.05) is 31.3 Å². The zero-order valence-electron chi connectivity index (χ0n) is 12.7. The first-order valence-electron chi connectivity index (χ1n) is 7.01. The molecule has 106 valence electrons. The number of rotatable bonds is 4. The molecule has 0 saturated carbocycles. The van der Waals surface area contributed by atoms with E-state index in [4.69, 9.17) is 4.74 Å². The number of hydrogen-bond acceptors (Lipinski definition) is 2. The molecule has 2 aromatic rings.